The van der Waals surface area contributed by atoms with E-state index in [1.54, 1.807) is 46.8 Å². The first-order chi connectivity index (χ1) is 12.2. The van der Waals surface area contributed by atoms with Gasteiger partial charge < -0.3 is 9.84 Å². The molecule has 0 aliphatic carbocycles. The molecule has 0 spiro atoms. The molecule has 0 unspecified atom stereocenters. The topological polar surface area (TPSA) is 70.9 Å². The van der Waals surface area contributed by atoms with Gasteiger partial charge in [0, 0.05) is 5.25 Å². The third kappa shape index (κ3) is 5.93. The smallest absolute Gasteiger partial charge is 0.413 e. The average molecular weight is 461 g/mol. The lowest BCUT2D eigenvalue weighted by molar-refractivity contribution is 0.0559. The number of aliphatic imine (C=N–C) groups is 1. The van der Waals surface area contributed by atoms with E-state index in [9.17, 15) is 14.3 Å². The number of hydrogen-bond donors (Lipinski definition) is 2. The minimum atomic E-state index is -1.00. The SMILES string of the molecule is CC(C)(C)OC(=O)NC1=N[C@](C)(c2ccc(F)c(Br)c2)C[C@@H](C(C)(C)O)S1. The van der Waals surface area contributed by atoms with Gasteiger partial charge in [-0.15, -0.1) is 0 Å². The van der Waals surface area contributed by atoms with Crippen molar-refractivity contribution >= 4 is 39.0 Å². The van der Waals surface area contributed by atoms with Gasteiger partial charge in [0.2, 0.25) is 0 Å². The number of benzene rings is 1. The summed E-state index contributed by atoms with van der Waals surface area (Å²) in [5.74, 6) is -0.359. The van der Waals surface area contributed by atoms with E-state index >= 15 is 0 Å². The van der Waals surface area contributed by atoms with Gasteiger partial charge in [0.25, 0.3) is 0 Å². The molecule has 1 heterocycles. The second-order valence-electron chi connectivity index (χ2n) is 8.41. The van der Waals surface area contributed by atoms with E-state index in [2.05, 4.69) is 21.2 Å². The highest BCUT2D eigenvalue weighted by atomic mass is 79.9. The first-order valence-corrected chi connectivity index (χ1v) is 10.3. The monoisotopic (exact) mass is 460 g/mol. The summed E-state index contributed by atoms with van der Waals surface area (Å²) in [6.07, 6.45) is -0.0774. The van der Waals surface area contributed by atoms with Crippen LogP contribution in [0.3, 0.4) is 0 Å². The first kappa shape index (κ1) is 22.2. The number of nitrogens with zero attached hydrogens (tertiary/aromatic N) is 1. The molecule has 0 radical (unpaired) electrons. The maximum absolute atomic E-state index is 13.7. The molecule has 5 nitrogen and oxygen atoms in total. The van der Waals surface area contributed by atoms with Gasteiger partial charge in [-0.2, -0.15) is 0 Å². The van der Waals surface area contributed by atoms with Crippen molar-refractivity contribution in [2.45, 2.75) is 70.0 Å². The van der Waals surface area contributed by atoms with E-state index in [1.165, 1.54) is 17.8 Å². The average Bonchev–Trinajstić information content (AvgIpc) is 2.46. The van der Waals surface area contributed by atoms with Crippen LogP contribution in [0.5, 0.6) is 0 Å². The predicted octanol–water partition coefficient (Wildman–Crippen LogP) is 4.96. The molecule has 27 heavy (non-hydrogen) atoms. The quantitative estimate of drug-likeness (QED) is 0.653. The summed E-state index contributed by atoms with van der Waals surface area (Å²) in [5.41, 5.74) is -1.59. The van der Waals surface area contributed by atoms with Crippen molar-refractivity contribution in [1.82, 2.24) is 5.32 Å². The molecule has 0 bridgehead atoms. The van der Waals surface area contributed by atoms with Crippen molar-refractivity contribution < 1.29 is 19.0 Å². The van der Waals surface area contributed by atoms with E-state index in [-0.39, 0.29) is 11.1 Å². The van der Waals surface area contributed by atoms with Crippen molar-refractivity contribution in [2.75, 3.05) is 0 Å². The molecular formula is C19H26BrFN2O3S. The molecule has 0 saturated carbocycles. The summed E-state index contributed by atoms with van der Waals surface area (Å²) >= 11 is 4.51. The Morgan fingerprint density at radius 2 is 2.04 bits per heavy atom. The van der Waals surface area contributed by atoms with Crippen LogP contribution in [0.25, 0.3) is 0 Å². The number of carbonyl (C=O) groups excluding carboxylic acids is 1. The molecule has 0 saturated heterocycles. The summed E-state index contributed by atoms with van der Waals surface area (Å²) in [7, 11) is 0. The molecule has 1 aliphatic heterocycles. The number of hydrogen-bond acceptors (Lipinski definition) is 5. The lowest BCUT2D eigenvalue weighted by Crippen LogP contribution is -2.46. The van der Waals surface area contributed by atoms with Crippen LogP contribution in [-0.2, 0) is 10.3 Å². The third-order valence-electron chi connectivity index (χ3n) is 4.12. The Balaban J connectivity index is 2.39. The number of alkyl carbamates (subject to hydrolysis) is 1. The molecule has 1 aliphatic rings. The summed E-state index contributed by atoms with van der Waals surface area (Å²) in [6, 6.07) is 4.73. The summed E-state index contributed by atoms with van der Waals surface area (Å²) < 4.78 is 19.3. The molecule has 2 N–H and O–H groups in total. The van der Waals surface area contributed by atoms with Crippen molar-refractivity contribution in [3.8, 4) is 0 Å². The van der Waals surface area contributed by atoms with Gasteiger partial charge in [0.05, 0.1) is 15.6 Å². The Kier molecular flexibility index (Phi) is 6.34. The summed E-state index contributed by atoms with van der Waals surface area (Å²) in [4.78, 5) is 16.9. The molecule has 0 aromatic heterocycles. The third-order valence-corrected chi connectivity index (χ3v) is 6.17. The molecule has 8 heteroatoms. The maximum atomic E-state index is 13.7. The second-order valence-corrected chi connectivity index (χ2v) is 10.5. The number of ether oxygens (including phenoxy) is 1. The van der Waals surface area contributed by atoms with E-state index in [1.807, 2.05) is 6.92 Å². The standard InChI is InChI=1S/C19H26BrFN2O3S/c1-17(2,3)26-16(24)22-15-23-19(6,10-14(27-15)18(4,5)25)11-7-8-13(21)12(20)9-11/h7-9,14,25H,10H2,1-6H3,(H,22,23,24)/t14-,19-/m0/s1. The van der Waals surface area contributed by atoms with Gasteiger partial charge >= 0.3 is 6.09 Å². The zero-order valence-corrected chi connectivity index (χ0v) is 18.8. The Morgan fingerprint density at radius 1 is 1.41 bits per heavy atom. The molecule has 1 amide bonds. The minimum Gasteiger partial charge on any atom is -0.444 e. The van der Waals surface area contributed by atoms with Gasteiger partial charge in [-0.25, -0.2) is 9.18 Å². The predicted molar refractivity (Wildman–Crippen MR) is 111 cm³/mol. The van der Waals surface area contributed by atoms with Crippen LogP contribution in [0.2, 0.25) is 0 Å². The summed E-state index contributed by atoms with van der Waals surface area (Å²) in [6.45, 7) is 10.7. The summed E-state index contributed by atoms with van der Waals surface area (Å²) in [5, 5.41) is 13.4. The van der Waals surface area contributed by atoms with E-state index in [0.717, 1.165) is 5.56 Å². The molecule has 2 atom stereocenters. The van der Waals surface area contributed by atoms with Gasteiger partial charge in [0.1, 0.15) is 11.4 Å². The number of halogens is 2. The molecule has 1 aromatic rings. The highest BCUT2D eigenvalue weighted by Gasteiger charge is 2.42. The Bertz CT molecular complexity index is 758. The van der Waals surface area contributed by atoms with Crippen LogP contribution >= 0.6 is 27.7 Å². The fraction of sp³-hybridized carbons (Fsp3) is 0.579. The van der Waals surface area contributed by atoms with Crippen molar-refractivity contribution in [3.63, 3.8) is 0 Å². The Hall–Kier alpha value is -1.12. The number of carbonyl (C=O) groups is 1. The Morgan fingerprint density at radius 3 is 2.56 bits per heavy atom. The maximum Gasteiger partial charge on any atom is 0.413 e. The van der Waals surface area contributed by atoms with E-state index < -0.39 is 22.8 Å². The van der Waals surface area contributed by atoms with Gasteiger partial charge in [0.15, 0.2) is 5.17 Å². The number of amides is 1. The fourth-order valence-corrected chi connectivity index (χ4v) is 4.43. The molecule has 2 rings (SSSR count). The van der Waals surface area contributed by atoms with Crippen LogP contribution < -0.4 is 5.32 Å². The van der Waals surface area contributed by atoms with Gasteiger partial charge in [-0.1, -0.05) is 17.8 Å². The normalized spacial score (nSPS) is 23.6. The number of rotatable bonds is 2. The van der Waals surface area contributed by atoms with Crippen LogP contribution in [0, 0.1) is 5.82 Å². The van der Waals surface area contributed by atoms with E-state index in [4.69, 9.17) is 9.73 Å². The highest BCUT2D eigenvalue weighted by molar-refractivity contribution is 9.10. The van der Waals surface area contributed by atoms with Crippen LogP contribution in [0.15, 0.2) is 27.7 Å². The first-order valence-electron chi connectivity index (χ1n) is 8.64. The van der Waals surface area contributed by atoms with Crippen LogP contribution in [0.1, 0.15) is 53.5 Å². The zero-order valence-electron chi connectivity index (χ0n) is 16.4. The molecule has 0 fully saturated rings. The second kappa shape index (κ2) is 7.72. The fourth-order valence-electron chi connectivity index (χ4n) is 2.69. The molecular weight excluding hydrogens is 435 g/mol. The Labute approximate surface area is 172 Å². The lowest BCUT2D eigenvalue weighted by Gasteiger charge is -2.40. The minimum absolute atomic E-state index is 0.228. The largest absolute Gasteiger partial charge is 0.444 e. The number of thioether (sulfide) groups is 1. The van der Waals surface area contributed by atoms with Crippen LogP contribution in [-0.4, -0.2) is 32.8 Å². The van der Waals surface area contributed by atoms with Gasteiger partial charge in [-0.05, 0) is 81.6 Å². The lowest BCUT2D eigenvalue weighted by atomic mass is 9.84. The van der Waals surface area contributed by atoms with E-state index in [0.29, 0.717) is 16.1 Å². The van der Waals surface area contributed by atoms with Gasteiger partial charge in [-0.3, -0.25) is 10.3 Å². The molecule has 1 aromatic carbocycles. The number of aliphatic hydroxyl groups is 1. The number of amidine groups is 1. The zero-order chi connectivity index (χ0) is 20.6. The number of nitrogens with one attached hydrogen (secondary N) is 1. The van der Waals surface area contributed by atoms with Crippen LogP contribution in [0.4, 0.5) is 9.18 Å². The highest BCUT2D eigenvalue weighted by Crippen LogP contribution is 2.43. The molecule has 150 valence electrons. The van der Waals surface area contributed by atoms with Crippen molar-refractivity contribution in [3.05, 3.63) is 34.1 Å². The van der Waals surface area contributed by atoms with Crippen molar-refractivity contribution in [2.24, 2.45) is 4.99 Å². The van der Waals surface area contributed by atoms with Crippen molar-refractivity contribution in [1.29, 1.82) is 0 Å².